The van der Waals surface area contributed by atoms with E-state index in [4.69, 9.17) is 0 Å². The first kappa shape index (κ1) is 22.3. The van der Waals surface area contributed by atoms with Crippen molar-refractivity contribution in [2.75, 3.05) is 0 Å². The highest BCUT2D eigenvalue weighted by atomic mass is 16.3. The van der Waals surface area contributed by atoms with Crippen molar-refractivity contribution in [3.63, 3.8) is 0 Å². The largest absolute Gasteiger partial charge is 0.381 e. The van der Waals surface area contributed by atoms with E-state index in [1.807, 2.05) is 84.9 Å². The van der Waals surface area contributed by atoms with Crippen molar-refractivity contribution < 1.29 is 9.90 Å². The predicted molar refractivity (Wildman–Crippen MR) is 136 cm³/mol. The van der Waals surface area contributed by atoms with E-state index in [-0.39, 0.29) is 11.7 Å². The Morgan fingerprint density at radius 3 is 1.29 bits per heavy atom. The normalized spacial score (nSPS) is 21.1. The number of benzene rings is 4. The van der Waals surface area contributed by atoms with Crippen LogP contribution < -0.4 is 0 Å². The molecule has 2 heteroatoms. The van der Waals surface area contributed by atoms with Crippen molar-refractivity contribution in [2.45, 2.75) is 31.3 Å². The summed E-state index contributed by atoms with van der Waals surface area (Å²) in [5, 5.41) is 12.0. The molecular formula is C32H30O2. The lowest BCUT2D eigenvalue weighted by Crippen LogP contribution is -2.73. The van der Waals surface area contributed by atoms with Crippen LogP contribution in [0.4, 0.5) is 0 Å². The molecule has 5 rings (SSSR count). The van der Waals surface area contributed by atoms with Crippen LogP contribution in [0.2, 0.25) is 0 Å². The fraction of sp³-hybridized carbons (Fsp3) is 0.219. The number of carbonyl (C=O) groups is 1. The molecule has 2 unspecified atom stereocenters. The van der Waals surface area contributed by atoms with Gasteiger partial charge in [0, 0.05) is 17.8 Å². The highest BCUT2D eigenvalue weighted by Crippen LogP contribution is 2.56. The Hall–Kier alpha value is -3.49. The van der Waals surface area contributed by atoms with Gasteiger partial charge in [0.25, 0.3) is 0 Å². The summed E-state index contributed by atoms with van der Waals surface area (Å²) < 4.78 is 0. The Bertz CT molecular complexity index is 1180. The molecule has 0 aromatic heterocycles. The summed E-state index contributed by atoms with van der Waals surface area (Å²) in [6.07, 6.45) is 2.25. The molecule has 2 atom stereocenters. The van der Waals surface area contributed by atoms with Gasteiger partial charge in [0.05, 0.1) is 0 Å². The van der Waals surface area contributed by atoms with Crippen molar-refractivity contribution in [3.05, 3.63) is 144 Å². The van der Waals surface area contributed by atoms with Crippen LogP contribution in [0.15, 0.2) is 121 Å². The minimum absolute atomic E-state index is 0.0301. The van der Waals surface area contributed by atoms with Crippen LogP contribution in [-0.4, -0.2) is 16.5 Å². The van der Waals surface area contributed by atoms with Crippen LogP contribution >= 0.6 is 0 Å². The molecule has 34 heavy (non-hydrogen) atoms. The molecule has 1 N–H and O–H groups in total. The van der Waals surface area contributed by atoms with Crippen molar-refractivity contribution in [1.82, 2.24) is 0 Å². The van der Waals surface area contributed by atoms with Crippen LogP contribution in [0.3, 0.4) is 0 Å². The first-order valence-corrected chi connectivity index (χ1v) is 12.0. The van der Waals surface area contributed by atoms with E-state index in [1.165, 1.54) is 0 Å². The zero-order chi connectivity index (χ0) is 23.4. The van der Waals surface area contributed by atoms with E-state index < -0.39 is 11.0 Å². The van der Waals surface area contributed by atoms with Gasteiger partial charge in [0.2, 0.25) is 0 Å². The fourth-order valence-electron chi connectivity index (χ4n) is 5.84. The summed E-state index contributed by atoms with van der Waals surface area (Å²) in [4.78, 5) is 14.2. The van der Waals surface area contributed by atoms with Gasteiger partial charge in [0.15, 0.2) is 5.78 Å². The molecule has 4 aromatic carbocycles. The SMILES string of the molecule is O=C1C(O)(Cc2ccccc2)C(Cc2ccccc2)C1(Cc1ccccc1)Cc1ccccc1. The molecular weight excluding hydrogens is 416 g/mol. The van der Waals surface area contributed by atoms with E-state index in [2.05, 4.69) is 36.4 Å². The molecule has 0 heterocycles. The quantitative estimate of drug-likeness (QED) is 0.367. The Morgan fingerprint density at radius 1 is 0.529 bits per heavy atom. The third-order valence-electron chi connectivity index (χ3n) is 7.41. The molecule has 0 bridgehead atoms. The number of aliphatic hydroxyl groups is 1. The second-order valence-electron chi connectivity index (χ2n) is 9.64. The number of hydrogen-bond donors (Lipinski definition) is 1. The highest BCUT2D eigenvalue weighted by molar-refractivity contribution is 6.00. The number of Topliss-reactive ketones (excluding diaryl/α,β-unsaturated/α-hetero) is 1. The van der Waals surface area contributed by atoms with Crippen LogP contribution in [0.1, 0.15) is 22.3 Å². The van der Waals surface area contributed by atoms with Gasteiger partial charge in [0.1, 0.15) is 5.60 Å². The summed E-state index contributed by atoms with van der Waals surface area (Å²) in [6.45, 7) is 0. The first-order chi connectivity index (χ1) is 16.6. The van der Waals surface area contributed by atoms with Crippen LogP contribution in [-0.2, 0) is 30.5 Å². The molecule has 0 radical (unpaired) electrons. The molecule has 2 nitrogen and oxygen atoms in total. The smallest absolute Gasteiger partial charge is 0.172 e. The van der Waals surface area contributed by atoms with Gasteiger partial charge in [-0.3, -0.25) is 4.79 Å². The number of carbonyl (C=O) groups excluding carboxylic acids is 1. The molecule has 1 aliphatic carbocycles. The maximum Gasteiger partial charge on any atom is 0.172 e. The molecule has 1 aliphatic rings. The molecule has 0 saturated heterocycles. The standard InChI is InChI=1S/C32H30O2/c33-30-31(22-26-15-7-2-8-16-26,23-27-17-9-3-10-18-27)29(21-25-13-5-1-6-14-25)32(30,34)24-28-19-11-4-12-20-28/h1-20,29,34H,21-24H2. The van der Waals surface area contributed by atoms with Gasteiger partial charge >= 0.3 is 0 Å². The summed E-state index contributed by atoms with van der Waals surface area (Å²) in [5.41, 5.74) is 2.35. The topological polar surface area (TPSA) is 37.3 Å². The molecule has 1 saturated carbocycles. The van der Waals surface area contributed by atoms with Gasteiger partial charge in [-0.1, -0.05) is 121 Å². The summed E-state index contributed by atoms with van der Waals surface area (Å²) in [7, 11) is 0. The maximum atomic E-state index is 14.2. The molecule has 4 aromatic rings. The van der Waals surface area contributed by atoms with Crippen LogP contribution in [0, 0.1) is 11.3 Å². The lowest BCUT2D eigenvalue weighted by molar-refractivity contribution is -0.197. The van der Waals surface area contributed by atoms with E-state index >= 15 is 0 Å². The van der Waals surface area contributed by atoms with Crippen molar-refractivity contribution in [1.29, 1.82) is 0 Å². The second kappa shape index (κ2) is 9.40. The Morgan fingerprint density at radius 2 is 0.882 bits per heavy atom. The molecule has 0 aliphatic heterocycles. The van der Waals surface area contributed by atoms with Gasteiger partial charge < -0.3 is 5.11 Å². The van der Waals surface area contributed by atoms with Crippen molar-refractivity contribution in [3.8, 4) is 0 Å². The molecule has 1 fully saturated rings. The maximum absolute atomic E-state index is 14.2. The second-order valence-corrected chi connectivity index (χ2v) is 9.64. The zero-order valence-electron chi connectivity index (χ0n) is 19.3. The Labute approximate surface area is 201 Å². The lowest BCUT2D eigenvalue weighted by atomic mass is 9.44. The molecule has 0 amide bonds. The predicted octanol–water partition coefficient (Wildman–Crippen LogP) is 5.87. The summed E-state index contributed by atoms with van der Waals surface area (Å²) in [6, 6.07) is 40.6. The van der Waals surface area contributed by atoms with Crippen molar-refractivity contribution >= 4 is 5.78 Å². The summed E-state index contributed by atoms with van der Waals surface area (Å²) in [5.74, 6) is -0.229. The van der Waals surface area contributed by atoms with E-state index in [9.17, 15) is 9.90 Å². The Kier molecular flexibility index (Phi) is 6.17. The van der Waals surface area contributed by atoms with Crippen LogP contribution in [0.5, 0.6) is 0 Å². The third kappa shape index (κ3) is 4.22. The van der Waals surface area contributed by atoms with E-state index in [0.717, 1.165) is 22.3 Å². The third-order valence-corrected chi connectivity index (χ3v) is 7.41. The minimum atomic E-state index is -1.39. The van der Waals surface area contributed by atoms with Gasteiger partial charge in [-0.2, -0.15) is 0 Å². The monoisotopic (exact) mass is 446 g/mol. The number of rotatable bonds is 8. The van der Waals surface area contributed by atoms with Gasteiger partial charge in [-0.05, 0) is 41.5 Å². The van der Waals surface area contributed by atoms with Gasteiger partial charge in [-0.25, -0.2) is 0 Å². The highest BCUT2D eigenvalue weighted by Gasteiger charge is 2.69. The zero-order valence-corrected chi connectivity index (χ0v) is 19.3. The average molecular weight is 447 g/mol. The fourth-order valence-corrected chi connectivity index (χ4v) is 5.84. The Balaban J connectivity index is 1.58. The average Bonchev–Trinajstić information content (AvgIpc) is 2.89. The minimum Gasteiger partial charge on any atom is -0.381 e. The molecule has 170 valence electrons. The van der Waals surface area contributed by atoms with Crippen molar-refractivity contribution in [2.24, 2.45) is 11.3 Å². The molecule has 0 spiro atoms. The van der Waals surface area contributed by atoms with E-state index in [0.29, 0.717) is 25.7 Å². The van der Waals surface area contributed by atoms with Gasteiger partial charge in [-0.15, -0.1) is 0 Å². The lowest BCUT2D eigenvalue weighted by Gasteiger charge is -2.59. The number of hydrogen-bond acceptors (Lipinski definition) is 2. The first-order valence-electron chi connectivity index (χ1n) is 12.0. The summed E-state index contributed by atoms with van der Waals surface area (Å²) >= 11 is 0. The number of ketones is 1. The van der Waals surface area contributed by atoms with E-state index in [1.54, 1.807) is 0 Å². The van der Waals surface area contributed by atoms with Crippen LogP contribution in [0.25, 0.3) is 0 Å².